The summed E-state index contributed by atoms with van der Waals surface area (Å²) in [5.74, 6) is 0. The fourth-order valence-electron chi connectivity index (χ4n) is 1.18. The van der Waals surface area contributed by atoms with Crippen molar-refractivity contribution in [1.82, 2.24) is 20.2 Å². The molecule has 0 radical (unpaired) electrons. The summed E-state index contributed by atoms with van der Waals surface area (Å²) in [5.41, 5.74) is 10.6. The quantitative estimate of drug-likeness (QED) is 0.422. The summed E-state index contributed by atoms with van der Waals surface area (Å²) in [6.45, 7) is 1.87. The van der Waals surface area contributed by atoms with E-state index in [4.69, 9.17) is 5.53 Å². The number of rotatable bonds is 2. The average Bonchev–Trinajstić information content (AvgIpc) is 2.75. The number of benzene rings is 1. The van der Waals surface area contributed by atoms with Crippen molar-refractivity contribution < 1.29 is 0 Å². The van der Waals surface area contributed by atoms with Gasteiger partial charge in [0.05, 0.1) is 5.69 Å². The second-order valence-electron chi connectivity index (χ2n) is 2.91. The first-order valence-corrected chi connectivity index (χ1v) is 4.20. The molecule has 1 aromatic carbocycles. The van der Waals surface area contributed by atoms with Crippen molar-refractivity contribution in [3.63, 3.8) is 0 Å². The molecule has 0 aliphatic carbocycles. The number of azide groups is 1. The van der Waals surface area contributed by atoms with E-state index in [0.29, 0.717) is 5.69 Å². The third-order valence-electron chi connectivity index (χ3n) is 1.96. The molecule has 0 saturated heterocycles. The summed E-state index contributed by atoms with van der Waals surface area (Å²) >= 11 is 0. The highest BCUT2D eigenvalue weighted by atomic mass is 15.5. The molecule has 2 rings (SSSR count). The van der Waals surface area contributed by atoms with E-state index in [1.807, 2.05) is 19.1 Å². The first-order chi connectivity index (χ1) is 7.31. The van der Waals surface area contributed by atoms with Gasteiger partial charge in [-0.2, -0.15) is 0 Å². The Morgan fingerprint density at radius 1 is 1.47 bits per heavy atom. The van der Waals surface area contributed by atoms with Crippen molar-refractivity contribution in [2.45, 2.75) is 6.92 Å². The number of tetrazole rings is 1. The van der Waals surface area contributed by atoms with E-state index in [0.717, 1.165) is 11.3 Å². The summed E-state index contributed by atoms with van der Waals surface area (Å²) in [6, 6.07) is 5.43. The average molecular weight is 201 g/mol. The Bertz CT molecular complexity index is 510. The van der Waals surface area contributed by atoms with Crippen LogP contribution in [-0.4, -0.2) is 20.2 Å². The van der Waals surface area contributed by atoms with Gasteiger partial charge >= 0.3 is 0 Å². The minimum absolute atomic E-state index is 0.575. The second kappa shape index (κ2) is 3.77. The van der Waals surface area contributed by atoms with E-state index in [2.05, 4.69) is 25.6 Å². The normalized spacial score (nSPS) is 9.67. The minimum Gasteiger partial charge on any atom is -0.201 e. The molecule has 7 nitrogen and oxygen atoms in total. The van der Waals surface area contributed by atoms with Crippen molar-refractivity contribution in [3.05, 3.63) is 40.5 Å². The third-order valence-corrected chi connectivity index (χ3v) is 1.96. The van der Waals surface area contributed by atoms with E-state index in [1.165, 1.54) is 11.0 Å². The lowest BCUT2D eigenvalue weighted by molar-refractivity contribution is 0.789. The predicted molar refractivity (Wildman–Crippen MR) is 52.7 cm³/mol. The van der Waals surface area contributed by atoms with Gasteiger partial charge in [-0.1, -0.05) is 11.2 Å². The molecular weight excluding hydrogens is 194 g/mol. The van der Waals surface area contributed by atoms with Gasteiger partial charge in [0.2, 0.25) is 0 Å². The summed E-state index contributed by atoms with van der Waals surface area (Å²) in [6.07, 6.45) is 1.48. The van der Waals surface area contributed by atoms with Crippen molar-refractivity contribution >= 4 is 5.69 Å². The smallest absolute Gasteiger partial charge is 0.143 e. The second-order valence-corrected chi connectivity index (χ2v) is 2.91. The SMILES string of the molecule is Cc1ccc(-n2cnnn2)cc1N=[N+]=[N-]. The lowest BCUT2D eigenvalue weighted by Gasteiger charge is -2.02. The van der Waals surface area contributed by atoms with Crippen LogP contribution in [0.2, 0.25) is 0 Å². The lowest BCUT2D eigenvalue weighted by Crippen LogP contribution is -1.94. The molecule has 0 spiro atoms. The van der Waals surface area contributed by atoms with Crippen LogP contribution in [-0.2, 0) is 0 Å². The van der Waals surface area contributed by atoms with Crippen LogP contribution in [0, 0.1) is 6.92 Å². The maximum absolute atomic E-state index is 8.38. The monoisotopic (exact) mass is 201 g/mol. The first kappa shape index (κ1) is 9.17. The van der Waals surface area contributed by atoms with Crippen LogP contribution in [0.25, 0.3) is 16.1 Å². The molecule has 1 aromatic heterocycles. The third kappa shape index (κ3) is 1.77. The minimum atomic E-state index is 0.575. The van der Waals surface area contributed by atoms with E-state index in [9.17, 15) is 0 Å². The van der Waals surface area contributed by atoms with E-state index < -0.39 is 0 Å². The van der Waals surface area contributed by atoms with Crippen LogP contribution in [0.4, 0.5) is 5.69 Å². The standard InChI is InChI=1S/C8H7N7/c1-6-2-3-7(4-8(6)11-12-9)15-5-10-13-14-15/h2-5H,1H3. The molecule has 0 aliphatic rings. The van der Waals surface area contributed by atoms with Gasteiger partial charge in [-0.05, 0) is 40.6 Å². The predicted octanol–water partition coefficient (Wildman–Crippen LogP) is 1.91. The van der Waals surface area contributed by atoms with Crippen LogP contribution in [0.1, 0.15) is 5.56 Å². The highest BCUT2D eigenvalue weighted by Gasteiger charge is 2.01. The molecule has 0 saturated carbocycles. The topological polar surface area (TPSA) is 92.4 Å². The molecule has 0 atom stereocenters. The zero-order valence-electron chi connectivity index (χ0n) is 7.94. The summed E-state index contributed by atoms with van der Waals surface area (Å²) in [5, 5.41) is 14.4. The van der Waals surface area contributed by atoms with Crippen LogP contribution in [0.3, 0.4) is 0 Å². The maximum Gasteiger partial charge on any atom is 0.143 e. The Morgan fingerprint density at radius 3 is 3.00 bits per heavy atom. The van der Waals surface area contributed by atoms with Gasteiger partial charge in [-0.25, -0.2) is 4.68 Å². The van der Waals surface area contributed by atoms with E-state index in [-0.39, 0.29) is 0 Å². The number of hydrogen-bond donors (Lipinski definition) is 0. The molecule has 0 fully saturated rings. The first-order valence-electron chi connectivity index (χ1n) is 4.20. The van der Waals surface area contributed by atoms with Crippen molar-refractivity contribution in [3.8, 4) is 5.69 Å². The van der Waals surface area contributed by atoms with Gasteiger partial charge in [0, 0.05) is 10.6 Å². The molecule has 15 heavy (non-hydrogen) atoms. The molecule has 74 valence electrons. The zero-order valence-corrected chi connectivity index (χ0v) is 7.94. The molecule has 1 heterocycles. The highest BCUT2D eigenvalue weighted by molar-refractivity contribution is 5.52. The molecule has 0 aliphatic heterocycles. The Balaban J connectivity index is 2.52. The number of hydrogen-bond acceptors (Lipinski definition) is 4. The van der Waals surface area contributed by atoms with Crippen LogP contribution in [0.5, 0.6) is 0 Å². The van der Waals surface area contributed by atoms with Crippen molar-refractivity contribution in [2.24, 2.45) is 5.11 Å². The fourth-order valence-corrected chi connectivity index (χ4v) is 1.18. The molecular formula is C8H7N7. The molecule has 0 bridgehead atoms. The van der Waals surface area contributed by atoms with Gasteiger partial charge < -0.3 is 0 Å². The zero-order chi connectivity index (χ0) is 10.7. The molecule has 2 aromatic rings. The van der Waals surface area contributed by atoms with Crippen LogP contribution >= 0.6 is 0 Å². The van der Waals surface area contributed by atoms with Gasteiger partial charge in [0.15, 0.2) is 0 Å². The number of aromatic nitrogens is 4. The summed E-state index contributed by atoms with van der Waals surface area (Å²) in [4.78, 5) is 2.75. The molecule has 7 heteroatoms. The largest absolute Gasteiger partial charge is 0.201 e. The lowest BCUT2D eigenvalue weighted by atomic mass is 10.2. The van der Waals surface area contributed by atoms with Crippen molar-refractivity contribution in [2.75, 3.05) is 0 Å². The van der Waals surface area contributed by atoms with Gasteiger partial charge in [-0.15, -0.1) is 5.10 Å². The molecule has 0 N–H and O–H groups in total. The Hall–Kier alpha value is -2.40. The maximum atomic E-state index is 8.38. The summed E-state index contributed by atoms with van der Waals surface area (Å²) < 4.78 is 1.50. The van der Waals surface area contributed by atoms with Crippen LogP contribution in [0.15, 0.2) is 29.6 Å². The Morgan fingerprint density at radius 2 is 2.33 bits per heavy atom. The number of aryl methyl sites for hydroxylation is 1. The van der Waals surface area contributed by atoms with Crippen LogP contribution < -0.4 is 0 Å². The fraction of sp³-hybridized carbons (Fsp3) is 0.125. The van der Waals surface area contributed by atoms with Gasteiger partial charge in [-0.3, -0.25) is 0 Å². The van der Waals surface area contributed by atoms with E-state index in [1.54, 1.807) is 6.07 Å². The molecule has 0 amide bonds. The van der Waals surface area contributed by atoms with Gasteiger partial charge in [0.25, 0.3) is 0 Å². The number of nitrogens with zero attached hydrogens (tertiary/aromatic N) is 7. The highest BCUT2D eigenvalue weighted by Crippen LogP contribution is 2.21. The molecule has 0 unspecified atom stereocenters. The van der Waals surface area contributed by atoms with Gasteiger partial charge in [0.1, 0.15) is 6.33 Å². The van der Waals surface area contributed by atoms with Crippen molar-refractivity contribution in [1.29, 1.82) is 0 Å². The van der Waals surface area contributed by atoms with E-state index >= 15 is 0 Å². The Labute approximate surface area is 85.0 Å². The summed E-state index contributed by atoms with van der Waals surface area (Å²) in [7, 11) is 0. The Kier molecular flexibility index (Phi) is 2.30.